The molecule has 0 unspecified atom stereocenters. The fourth-order valence-corrected chi connectivity index (χ4v) is 1.67. The summed E-state index contributed by atoms with van der Waals surface area (Å²) >= 11 is 0. The monoisotopic (exact) mass is 300 g/mol. The predicted octanol–water partition coefficient (Wildman–Crippen LogP) is 1.94. The summed E-state index contributed by atoms with van der Waals surface area (Å²) in [6.07, 6.45) is 2.43. The van der Waals surface area contributed by atoms with Crippen molar-refractivity contribution < 1.29 is 14.7 Å². The molecule has 0 aliphatic rings. The van der Waals surface area contributed by atoms with Gasteiger partial charge in [-0.25, -0.2) is 0 Å². The summed E-state index contributed by atoms with van der Waals surface area (Å²) in [5, 5.41) is 11.3. The third-order valence-corrected chi connectivity index (χ3v) is 2.80. The van der Waals surface area contributed by atoms with Gasteiger partial charge in [0.15, 0.2) is 0 Å². The number of carbonyl (C=O) groups excluding carboxylic acids is 1. The van der Waals surface area contributed by atoms with Crippen LogP contribution in [-0.4, -0.2) is 23.5 Å². The summed E-state index contributed by atoms with van der Waals surface area (Å²) in [6.45, 7) is 1.03. The SMILES string of the molecule is Cl.NCc1ccc(C(=O)NCCCCCC(=O)O)cc1. The Hall–Kier alpha value is -1.59. The molecule has 4 N–H and O–H groups in total. The molecule has 0 saturated carbocycles. The zero-order chi connectivity index (χ0) is 14.1. The summed E-state index contributed by atoms with van der Waals surface area (Å²) in [4.78, 5) is 22.0. The van der Waals surface area contributed by atoms with Gasteiger partial charge in [0.1, 0.15) is 0 Å². The first-order valence-electron chi connectivity index (χ1n) is 6.42. The zero-order valence-electron chi connectivity index (χ0n) is 11.3. The van der Waals surface area contributed by atoms with Crippen LogP contribution in [0.2, 0.25) is 0 Å². The van der Waals surface area contributed by atoms with E-state index in [1.807, 2.05) is 12.1 Å². The lowest BCUT2D eigenvalue weighted by atomic mass is 10.1. The highest BCUT2D eigenvalue weighted by molar-refractivity contribution is 5.94. The summed E-state index contributed by atoms with van der Waals surface area (Å²) in [6, 6.07) is 7.17. The van der Waals surface area contributed by atoms with Crippen LogP contribution in [0.25, 0.3) is 0 Å². The van der Waals surface area contributed by atoms with Gasteiger partial charge in [-0.3, -0.25) is 9.59 Å². The molecule has 0 bridgehead atoms. The minimum absolute atomic E-state index is 0. The Labute approximate surface area is 125 Å². The lowest BCUT2D eigenvalue weighted by Crippen LogP contribution is -2.24. The Morgan fingerprint density at radius 1 is 1.10 bits per heavy atom. The van der Waals surface area contributed by atoms with Gasteiger partial charge < -0.3 is 16.2 Å². The molecule has 0 fully saturated rings. The number of carboxylic acids is 1. The van der Waals surface area contributed by atoms with Gasteiger partial charge in [-0.2, -0.15) is 0 Å². The van der Waals surface area contributed by atoms with E-state index in [4.69, 9.17) is 10.8 Å². The molecular weight excluding hydrogens is 280 g/mol. The molecule has 0 heterocycles. The maximum atomic E-state index is 11.7. The molecular formula is C14H21ClN2O3. The number of nitrogens with one attached hydrogen (secondary N) is 1. The molecule has 1 rings (SSSR count). The number of hydrogen-bond acceptors (Lipinski definition) is 3. The highest BCUT2D eigenvalue weighted by Gasteiger charge is 2.04. The lowest BCUT2D eigenvalue weighted by Gasteiger charge is -2.05. The molecule has 1 aromatic carbocycles. The van der Waals surface area contributed by atoms with Crippen LogP contribution in [-0.2, 0) is 11.3 Å². The van der Waals surface area contributed by atoms with Gasteiger partial charge in [-0.1, -0.05) is 18.6 Å². The predicted molar refractivity (Wildman–Crippen MR) is 80.0 cm³/mol. The smallest absolute Gasteiger partial charge is 0.303 e. The molecule has 0 aromatic heterocycles. The number of nitrogens with two attached hydrogens (primary N) is 1. The van der Waals surface area contributed by atoms with Crippen LogP contribution >= 0.6 is 12.4 Å². The van der Waals surface area contributed by atoms with E-state index < -0.39 is 5.97 Å². The number of rotatable bonds is 8. The molecule has 20 heavy (non-hydrogen) atoms. The van der Waals surface area contributed by atoms with Crippen molar-refractivity contribution in [3.63, 3.8) is 0 Å². The van der Waals surface area contributed by atoms with E-state index in [0.29, 0.717) is 25.1 Å². The van der Waals surface area contributed by atoms with Crippen LogP contribution < -0.4 is 11.1 Å². The molecule has 0 radical (unpaired) electrons. The van der Waals surface area contributed by atoms with Gasteiger partial charge in [0, 0.05) is 25.1 Å². The molecule has 0 atom stereocenters. The molecule has 0 aliphatic carbocycles. The topological polar surface area (TPSA) is 92.4 Å². The zero-order valence-corrected chi connectivity index (χ0v) is 12.1. The Kier molecular flexibility index (Phi) is 9.41. The van der Waals surface area contributed by atoms with Crippen LogP contribution in [0.3, 0.4) is 0 Å². The van der Waals surface area contributed by atoms with Crippen molar-refractivity contribution in [2.75, 3.05) is 6.54 Å². The van der Waals surface area contributed by atoms with E-state index in [1.165, 1.54) is 0 Å². The summed E-state index contributed by atoms with van der Waals surface area (Å²) in [7, 11) is 0. The van der Waals surface area contributed by atoms with E-state index in [1.54, 1.807) is 12.1 Å². The number of amides is 1. The van der Waals surface area contributed by atoms with Crippen LogP contribution in [0.4, 0.5) is 0 Å². The van der Waals surface area contributed by atoms with E-state index in [-0.39, 0.29) is 24.7 Å². The summed E-state index contributed by atoms with van der Waals surface area (Å²) in [5.41, 5.74) is 7.09. The third-order valence-electron chi connectivity index (χ3n) is 2.80. The number of carboxylic acid groups (broad SMARTS) is 1. The van der Waals surface area contributed by atoms with Crippen molar-refractivity contribution >= 4 is 24.3 Å². The van der Waals surface area contributed by atoms with Gasteiger partial charge in [0.25, 0.3) is 5.91 Å². The Morgan fingerprint density at radius 2 is 1.75 bits per heavy atom. The van der Waals surface area contributed by atoms with Crippen molar-refractivity contribution in [2.45, 2.75) is 32.2 Å². The Morgan fingerprint density at radius 3 is 2.30 bits per heavy atom. The van der Waals surface area contributed by atoms with Crippen LogP contribution in [0.15, 0.2) is 24.3 Å². The first-order valence-corrected chi connectivity index (χ1v) is 6.42. The molecule has 0 spiro atoms. The Bertz CT molecular complexity index is 421. The normalized spacial score (nSPS) is 9.65. The van der Waals surface area contributed by atoms with Crippen LogP contribution in [0, 0.1) is 0 Å². The number of carbonyl (C=O) groups is 2. The van der Waals surface area contributed by atoms with Crippen molar-refractivity contribution in [3.05, 3.63) is 35.4 Å². The molecule has 0 saturated heterocycles. The standard InChI is InChI=1S/C14H20N2O3.ClH/c15-10-11-5-7-12(8-6-11)14(19)16-9-3-1-2-4-13(17)18;/h5-8H,1-4,9-10,15H2,(H,16,19)(H,17,18);1H. The fourth-order valence-electron chi connectivity index (χ4n) is 1.67. The quantitative estimate of drug-likeness (QED) is 0.640. The van der Waals surface area contributed by atoms with Crippen molar-refractivity contribution in [1.29, 1.82) is 0 Å². The van der Waals surface area contributed by atoms with E-state index in [9.17, 15) is 9.59 Å². The second-order valence-electron chi connectivity index (χ2n) is 4.36. The summed E-state index contributed by atoms with van der Waals surface area (Å²) < 4.78 is 0. The van der Waals surface area contributed by atoms with E-state index in [2.05, 4.69) is 5.32 Å². The fraction of sp³-hybridized carbons (Fsp3) is 0.429. The first kappa shape index (κ1) is 18.4. The maximum absolute atomic E-state index is 11.7. The average molecular weight is 301 g/mol. The maximum Gasteiger partial charge on any atom is 0.303 e. The third kappa shape index (κ3) is 7.11. The highest BCUT2D eigenvalue weighted by atomic mass is 35.5. The van der Waals surface area contributed by atoms with Crippen LogP contribution in [0.5, 0.6) is 0 Å². The molecule has 6 heteroatoms. The van der Waals surface area contributed by atoms with Gasteiger partial charge in [0.2, 0.25) is 0 Å². The Balaban J connectivity index is 0.00000361. The van der Waals surface area contributed by atoms with E-state index >= 15 is 0 Å². The molecule has 5 nitrogen and oxygen atoms in total. The van der Waals surface area contributed by atoms with Gasteiger partial charge >= 0.3 is 5.97 Å². The largest absolute Gasteiger partial charge is 0.481 e. The summed E-state index contributed by atoms with van der Waals surface area (Å²) in [5.74, 6) is -0.883. The highest BCUT2D eigenvalue weighted by Crippen LogP contribution is 2.04. The van der Waals surface area contributed by atoms with Gasteiger partial charge in [-0.15, -0.1) is 12.4 Å². The minimum Gasteiger partial charge on any atom is -0.481 e. The molecule has 112 valence electrons. The average Bonchev–Trinajstić information content (AvgIpc) is 2.42. The number of halogens is 1. The lowest BCUT2D eigenvalue weighted by molar-refractivity contribution is -0.137. The molecule has 1 aromatic rings. The number of unbranched alkanes of at least 4 members (excludes halogenated alkanes) is 2. The van der Waals surface area contributed by atoms with Crippen molar-refractivity contribution in [1.82, 2.24) is 5.32 Å². The van der Waals surface area contributed by atoms with E-state index in [0.717, 1.165) is 18.4 Å². The van der Waals surface area contributed by atoms with Gasteiger partial charge in [0.05, 0.1) is 0 Å². The second kappa shape index (κ2) is 10.2. The molecule has 0 aliphatic heterocycles. The van der Waals surface area contributed by atoms with Crippen molar-refractivity contribution in [2.24, 2.45) is 5.73 Å². The van der Waals surface area contributed by atoms with Crippen molar-refractivity contribution in [3.8, 4) is 0 Å². The number of benzene rings is 1. The second-order valence-corrected chi connectivity index (χ2v) is 4.36. The number of hydrogen-bond donors (Lipinski definition) is 3. The first-order chi connectivity index (χ1) is 9.13. The van der Waals surface area contributed by atoms with Gasteiger partial charge in [-0.05, 0) is 30.5 Å². The molecule has 1 amide bonds. The number of aliphatic carboxylic acids is 1. The van der Waals surface area contributed by atoms with Crippen LogP contribution in [0.1, 0.15) is 41.6 Å². The minimum atomic E-state index is -0.774.